The highest BCUT2D eigenvalue weighted by Gasteiger charge is 2.52. The van der Waals surface area contributed by atoms with Crippen LogP contribution in [0.2, 0.25) is 0 Å². The molecule has 1 aromatic rings. The van der Waals surface area contributed by atoms with E-state index in [1.54, 1.807) is 6.07 Å². The molecule has 0 amide bonds. The minimum absolute atomic E-state index is 0.244. The molecule has 0 unspecified atom stereocenters. The van der Waals surface area contributed by atoms with Crippen LogP contribution in [0.15, 0.2) is 17.0 Å². The van der Waals surface area contributed by atoms with Crippen molar-refractivity contribution in [2.24, 2.45) is 0 Å². The van der Waals surface area contributed by atoms with Crippen LogP contribution in [0.5, 0.6) is 0 Å². The zero-order valence-corrected chi connectivity index (χ0v) is 14.7. The van der Waals surface area contributed by atoms with Gasteiger partial charge in [-0.25, -0.2) is 4.39 Å². The fourth-order valence-corrected chi connectivity index (χ4v) is 3.27. The summed E-state index contributed by atoms with van der Waals surface area (Å²) in [6.07, 6.45) is 1.86. The molecule has 0 atom stereocenters. The molecule has 1 aliphatic heterocycles. The van der Waals surface area contributed by atoms with Crippen LogP contribution >= 0.6 is 34.4 Å². The molecule has 1 aliphatic rings. The van der Waals surface area contributed by atoms with Gasteiger partial charge in [0, 0.05) is 13.9 Å². The van der Waals surface area contributed by atoms with E-state index in [0.29, 0.717) is 10.4 Å². The van der Waals surface area contributed by atoms with Crippen molar-refractivity contribution in [2.45, 2.75) is 43.8 Å². The fourth-order valence-electron chi connectivity index (χ4n) is 1.87. The molecule has 0 saturated carbocycles. The van der Waals surface area contributed by atoms with Gasteiger partial charge in [0.2, 0.25) is 0 Å². The Morgan fingerprint density at radius 3 is 2.16 bits per heavy atom. The van der Waals surface area contributed by atoms with Crippen LogP contribution in [-0.2, 0) is 9.31 Å². The van der Waals surface area contributed by atoms with Crippen molar-refractivity contribution in [1.82, 2.24) is 0 Å². The molecule has 1 heterocycles. The molecule has 1 saturated heterocycles. The predicted octanol–water partition coefficient (Wildman–Crippen LogP) is 3.45. The van der Waals surface area contributed by atoms with E-state index in [4.69, 9.17) is 9.31 Å². The number of benzene rings is 1. The van der Waals surface area contributed by atoms with Gasteiger partial charge in [0.15, 0.2) is 0 Å². The molecular formula is C13H17BFIO2S. The normalized spacial score (nSPS) is 20.9. The number of hydrogen-bond acceptors (Lipinski definition) is 3. The van der Waals surface area contributed by atoms with E-state index in [1.165, 1.54) is 11.8 Å². The molecule has 0 aliphatic carbocycles. The largest absolute Gasteiger partial charge is 0.497 e. The van der Waals surface area contributed by atoms with Crippen LogP contribution in [0.3, 0.4) is 0 Å². The lowest BCUT2D eigenvalue weighted by molar-refractivity contribution is 0.00578. The second-order valence-electron chi connectivity index (χ2n) is 5.60. The minimum Gasteiger partial charge on any atom is -0.399 e. The van der Waals surface area contributed by atoms with Crippen LogP contribution in [-0.4, -0.2) is 24.6 Å². The number of thioether (sulfide) groups is 1. The maximum atomic E-state index is 14.4. The van der Waals surface area contributed by atoms with Crippen LogP contribution in [0.1, 0.15) is 27.7 Å². The summed E-state index contributed by atoms with van der Waals surface area (Å²) in [6, 6.07) is 3.62. The van der Waals surface area contributed by atoms with Crippen LogP contribution in [0, 0.1) is 9.39 Å². The summed E-state index contributed by atoms with van der Waals surface area (Å²) in [5.74, 6) is -0.244. The fraction of sp³-hybridized carbons (Fsp3) is 0.538. The Morgan fingerprint density at radius 1 is 1.16 bits per heavy atom. The Bertz CT molecular complexity index is 492. The van der Waals surface area contributed by atoms with Gasteiger partial charge >= 0.3 is 7.12 Å². The van der Waals surface area contributed by atoms with Crippen LogP contribution in [0.4, 0.5) is 4.39 Å². The van der Waals surface area contributed by atoms with Crippen molar-refractivity contribution < 1.29 is 13.7 Å². The van der Waals surface area contributed by atoms with Crippen molar-refractivity contribution in [3.05, 3.63) is 21.5 Å². The van der Waals surface area contributed by atoms with Gasteiger partial charge in [-0.2, -0.15) is 0 Å². The average molecular weight is 394 g/mol. The summed E-state index contributed by atoms with van der Waals surface area (Å²) >= 11 is 3.58. The van der Waals surface area contributed by atoms with E-state index in [-0.39, 0.29) is 5.82 Å². The molecule has 0 radical (unpaired) electrons. The van der Waals surface area contributed by atoms with E-state index in [9.17, 15) is 4.39 Å². The topological polar surface area (TPSA) is 18.5 Å². The predicted molar refractivity (Wildman–Crippen MR) is 86.6 cm³/mol. The molecular weight excluding hydrogens is 377 g/mol. The number of halogens is 2. The molecule has 6 heteroatoms. The zero-order chi connectivity index (χ0) is 14.4. The summed E-state index contributed by atoms with van der Waals surface area (Å²) in [5.41, 5.74) is -0.426. The monoisotopic (exact) mass is 394 g/mol. The van der Waals surface area contributed by atoms with Gasteiger partial charge in [-0.1, -0.05) is 0 Å². The maximum Gasteiger partial charge on any atom is 0.497 e. The van der Waals surface area contributed by atoms with Gasteiger partial charge in [0.1, 0.15) is 5.82 Å². The summed E-state index contributed by atoms with van der Waals surface area (Å²) in [5, 5.41) is 0. The van der Waals surface area contributed by atoms with E-state index in [1.807, 2.05) is 40.0 Å². The number of hydrogen-bond donors (Lipinski definition) is 0. The van der Waals surface area contributed by atoms with E-state index < -0.39 is 18.3 Å². The third-order valence-corrected chi connectivity index (χ3v) is 5.12. The van der Waals surface area contributed by atoms with Crippen LogP contribution < -0.4 is 5.46 Å². The van der Waals surface area contributed by atoms with Gasteiger partial charge in [0.25, 0.3) is 0 Å². The number of rotatable bonds is 2. The standard InChI is InChI=1S/C13H17BFIO2S/c1-12(2)13(3,4)18-14(17-12)9-6-8(16)7-10(19-5)11(9)15/h6-7H,1-5H3. The smallest absolute Gasteiger partial charge is 0.399 e. The lowest BCUT2D eigenvalue weighted by Crippen LogP contribution is -2.41. The SMILES string of the molecule is CSc1cc(I)cc(B2OC(C)(C)C(C)(C)O2)c1F. The lowest BCUT2D eigenvalue weighted by atomic mass is 9.79. The van der Waals surface area contributed by atoms with Gasteiger partial charge in [0.05, 0.1) is 11.2 Å². The molecule has 0 bridgehead atoms. The summed E-state index contributed by atoms with van der Waals surface area (Å²) < 4.78 is 27.2. The van der Waals surface area contributed by atoms with Crippen molar-refractivity contribution >= 4 is 46.9 Å². The molecule has 1 aromatic carbocycles. The minimum atomic E-state index is -0.648. The first-order chi connectivity index (χ1) is 8.68. The maximum absolute atomic E-state index is 14.4. The van der Waals surface area contributed by atoms with Crippen LogP contribution in [0.25, 0.3) is 0 Å². The summed E-state index contributed by atoms with van der Waals surface area (Å²) in [6.45, 7) is 7.87. The van der Waals surface area contributed by atoms with Crippen molar-refractivity contribution in [1.29, 1.82) is 0 Å². The Morgan fingerprint density at radius 2 is 1.68 bits per heavy atom. The summed E-state index contributed by atoms with van der Waals surface area (Å²) in [7, 11) is -0.648. The molecule has 0 N–H and O–H groups in total. The quantitative estimate of drug-likeness (QED) is 0.435. The second-order valence-corrected chi connectivity index (χ2v) is 7.69. The second kappa shape index (κ2) is 5.20. The van der Waals surface area contributed by atoms with E-state index in [2.05, 4.69) is 22.6 Å². The van der Waals surface area contributed by atoms with Gasteiger partial charge in [-0.3, -0.25) is 0 Å². The average Bonchev–Trinajstić information content (AvgIpc) is 2.50. The third-order valence-electron chi connectivity index (χ3n) is 3.76. The molecule has 0 spiro atoms. The van der Waals surface area contributed by atoms with Crippen molar-refractivity contribution in [2.75, 3.05) is 6.26 Å². The first-order valence-corrected chi connectivity index (χ1v) is 8.37. The van der Waals surface area contributed by atoms with Gasteiger partial charge < -0.3 is 9.31 Å². The molecule has 0 aromatic heterocycles. The molecule has 19 heavy (non-hydrogen) atoms. The Kier molecular flexibility index (Phi) is 4.27. The highest BCUT2D eigenvalue weighted by molar-refractivity contribution is 14.1. The van der Waals surface area contributed by atoms with Gasteiger partial charge in [-0.15, -0.1) is 11.8 Å². The third kappa shape index (κ3) is 2.82. The molecule has 104 valence electrons. The first kappa shape index (κ1) is 15.6. The zero-order valence-electron chi connectivity index (χ0n) is 11.7. The van der Waals surface area contributed by atoms with Crippen molar-refractivity contribution in [3.8, 4) is 0 Å². The van der Waals surface area contributed by atoms with Gasteiger partial charge in [-0.05, 0) is 68.7 Å². The van der Waals surface area contributed by atoms with E-state index in [0.717, 1.165) is 3.57 Å². The molecule has 2 nitrogen and oxygen atoms in total. The van der Waals surface area contributed by atoms with E-state index >= 15 is 0 Å². The first-order valence-electron chi connectivity index (χ1n) is 6.06. The lowest BCUT2D eigenvalue weighted by Gasteiger charge is -2.32. The Hall–Kier alpha value is 0.215. The highest BCUT2D eigenvalue weighted by atomic mass is 127. The molecule has 1 fully saturated rings. The van der Waals surface area contributed by atoms with Crippen molar-refractivity contribution in [3.63, 3.8) is 0 Å². The molecule has 2 rings (SSSR count). The Balaban J connectivity index is 2.42. The summed E-state index contributed by atoms with van der Waals surface area (Å²) in [4.78, 5) is 0.622. The Labute approximate surface area is 132 Å². The highest BCUT2D eigenvalue weighted by Crippen LogP contribution is 2.37.